The molecule has 0 aromatic heterocycles. The molecule has 130 valence electrons. The summed E-state index contributed by atoms with van der Waals surface area (Å²) in [5, 5.41) is 14.8. The van der Waals surface area contributed by atoms with Gasteiger partial charge in [-0.1, -0.05) is 36.4 Å². The van der Waals surface area contributed by atoms with Gasteiger partial charge < -0.3 is 10.1 Å². The summed E-state index contributed by atoms with van der Waals surface area (Å²) in [4.78, 5) is 11.2. The molecule has 4 rings (SSSR count). The fraction of sp³-hybridized carbons (Fsp3) is 0.143. The van der Waals surface area contributed by atoms with Gasteiger partial charge >= 0.3 is 0 Å². The van der Waals surface area contributed by atoms with E-state index in [0.29, 0.717) is 12.2 Å². The summed E-state index contributed by atoms with van der Waals surface area (Å²) in [7, 11) is 0. The summed E-state index contributed by atoms with van der Waals surface area (Å²) in [5.74, 6) is 0.780. The second-order valence-electron chi connectivity index (χ2n) is 6.26. The molecule has 0 bridgehead atoms. The molecule has 0 fully saturated rings. The van der Waals surface area contributed by atoms with E-state index < -0.39 is 0 Å². The Bertz CT molecular complexity index is 955. The van der Waals surface area contributed by atoms with E-state index in [0.717, 1.165) is 35.5 Å². The van der Waals surface area contributed by atoms with E-state index in [9.17, 15) is 10.1 Å². The minimum atomic E-state index is -0.340. The lowest BCUT2D eigenvalue weighted by Gasteiger charge is -2.10. The zero-order chi connectivity index (χ0) is 17.9. The van der Waals surface area contributed by atoms with Gasteiger partial charge in [-0.3, -0.25) is 10.1 Å². The van der Waals surface area contributed by atoms with Crippen molar-refractivity contribution < 1.29 is 9.66 Å². The second-order valence-corrected chi connectivity index (χ2v) is 6.26. The molecule has 0 amide bonds. The van der Waals surface area contributed by atoms with Gasteiger partial charge in [-0.2, -0.15) is 0 Å². The molecule has 3 aromatic carbocycles. The molecule has 1 aliphatic rings. The van der Waals surface area contributed by atoms with Crippen molar-refractivity contribution in [2.24, 2.45) is 0 Å². The SMILES string of the molecule is O=[N+]([O-])c1cc(COc2ccc3c(c2)CCN3)ccc1-c1ccccc1. The van der Waals surface area contributed by atoms with Crippen molar-refractivity contribution in [2.45, 2.75) is 13.0 Å². The molecule has 0 aliphatic carbocycles. The number of nitrogens with one attached hydrogen (secondary N) is 1. The number of hydrogen-bond donors (Lipinski definition) is 1. The summed E-state index contributed by atoms with van der Waals surface area (Å²) in [5.41, 5.74) is 4.71. The van der Waals surface area contributed by atoms with Gasteiger partial charge in [0.2, 0.25) is 0 Å². The molecule has 26 heavy (non-hydrogen) atoms. The molecule has 0 atom stereocenters. The Morgan fingerprint density at radius 2 is 1.88 bits per heavy atom. The van der Waals surface area contributed by atoms with Crippen LogP contribution in [-0.4, -0.2) is 11.5 Å². The van der Waals surface area contributed by atoms with E-state index >= 15 is 0 Å². The molecule has 1 aliphatic heterocycles. The summed E-state index contributed by atoms with van der Waals surface area (Å²) < 4.78 is 5.85. The normalized spacial score (nSPS) is 12.3. The lowest BCUT2D eigenvalue weighted by atomic mass is 10.0. The van der Waals surface area contributed by atoms with E-state index in [4.69, 9.17) is 4.74 Å². The van der Waals surface area contributed by atoms with Crippen molar-refractivity contribution in [1.82, 2.24) is 0 Å². The molecule has 0 saturated heterocycles. The number of nitro groups is 1. The van der Waals surface area contributed by atoms with Crippen LogP contribution in [0.4, 0.5) is 11.4 Å². The highest BCUT2D eigenvalue weighted by Gasteiger charge is 2.16. The van der Waals surface area contributed by atoms with Crippen molar-refractivity contribution in [3.63, 3.8) is 0 Å². The van der Waals surface area contributed by atoms with E-state index in [1.165, 1.54) is 5.56 Å². The molecule has 0 spiro atoms. The van der Waals surface area contributed by atoms with Gasteiger partial charge in [-0.25, -0.2) is 0 Å². The number of nitrogens with zero attached hydrogens (tertiary/aromatic N) is 1. The first-order chi connectivity index (χ1) is 12.7. The van der Waals surface area contributed by atoms with Gasteiger partial charge in [-0.15, -0.1) is 0 Å². The van der Waals surface area contributed by atoms with Crippen LogP contribution in [0.5, 0.6) is 5.75 Å². The Morgan fingerprint density at radius 3 is 2.69 bits per heavy atom. The fourth-order valence-corrected chi connectivity index (χ4v) is 3.22. The van der Waals surface area contributed by atoms with Crippen molar-refractivity contribution >= 4 is 11.4 Å². The summed E-state index contributed by atoms with van der Waals surface area (Å²) in [6.45, 7) is 1.24. The number of nitro benzene ring substituents is 1. The van der Waals surface area contributed by atoms with E-state index in [1.807, 2.05) is 54.6 Å². The molecule has 5 nitrogen and oxygen atoms in total. The Labute approximate surface area is 151 Å². The van der Waals surface area contributed by atoms with Crippen LogP contribution in [0.1, 0.15) is 11.1 Å². The van der Waals surface area contributed by atoms with Gasteiger partial charge in [0.15, 0.2) is 0 Å². The highest BCUT2D eigenvalue weighted by atomic mass is 16.6. The predicted molar refractivity (Wildman–Crippen MR) is 102 cm³/mol. The topological polar surface area (TPSA) is 64.4 Å². The predicted octanol–water partition coefficient (Wildman–Crippen LogP) is 4.81. The maximum absolute atomic E-state index is 11.5. The van der Waals surface area contributed by atoms with Crippen molar-refractivity contribution in [3.8, 4) is 16.9 Å². The van der Waals surface area contributed by atoms with Crippen LogP contribution in [0, 0.1) is 10.1 Å². The average Bonchev–Trinajstić information content (AvgIpc) is 3.14. The monoisotopic (exact) mass is 346 g/mol. The summed E-state index contributed by atoms with van der Waals surface area (Å²) in [6.07, 6.45) is 0.990. The maximum atomic E-state index is 11.5. The molecule has 1 N–H and O–H groups in total. The minimum absolute atomic E-state index is 0.0930. The van der Waals surface area contributed by atoms with Crippen LogP contribution < -0.4 is 10.1 Å². The zero-order valence-corrected chi connectivity index (χ0v) is 14.1. The van der Waals surface area contributed by atoms with Crippen LogP contribution in [-0.2, 0) is 13.0 Å². The van der Waals surface area contributed by atoms with E-state index in [1.54, 1.807) is 12.1 Å². The Hall–Kier alpha value is -3.34. The molecular weight excluding hydrogens is 328 g/mol. The Kier molecular flexibility index (Phi) is 4.27. The first-order valence-electron chi connectivity index (χ1n) is 8.53. The Morgan fingerprint density at radius 1 is 1.04 bits per heavy atom. The third-order valence-corrected chi connectivity index (χ3v) is 4.54. The summed E-state index contributed by atoms with van der Waals surface area (Å²) in [6, 6.07) is 20.6. The molecule has 5 heteroatoms. The van der Waals surface area contributed by atoms with Gasteiger partial charge in [-0.05, 0) is 47.4 Å². The molecule has 0 unspecified atom stereocenters. The van der Waals surface area contributed by atoms with Gasteiger partial charge in [0, 0.05) is 18.3 Å². The van der Waals surface area contributed by atoms with Crippen LogP contribution in [0.25, 0.3) is 11.1 Å². The van der Waals surface area contributed by atoms with E-state index in [-0.39, 0.29) is 10.6 Å². The van der Waals surface area contributed by atoms with Gasteiger partial charge in [0.25, 0.3) is 5.69 Å². The van der Waals surface area contributed by atoms with Crippen LogP contribution in [0.3, 0.4) is 0 Å². The second kappa shape index (κ2) is 6.88. The standard InChI is InChI=1S/C21H18N2O3/c24-23(25)21-12-15(6-8-19(21)16-4-2-1-3-5-16)14-26-18-7-9-20-17(13-18)10-11-22-20/h1-9,12-13,22H,10-11,14H2. The Balaban J connectivity index is 1.56. The third kappa shape index (κ3) is 3.24. The fourth-order valence-electron chi connectivity index (χ4n) is 3.22. The first kappa shape index (κ1) is 16.1. The number of fused-ring (bicyclic) bond motifs is 1. The zero-order valence-electron chi connectivity index (χ0n) is 14.1. The lowest BCUT2D eigenvalue weighted by Crippen LogP contribution is -1.99. The molecule has 3 aromatic rings. The highest BCUT2D eigenvalue weighted by Crippen LogP contribution is 2.31. The van der Waals surface area contributed by atoms with Crippen LogP contribution in [0.2, 0.25) is 0 Å². The molecular formula is C21H18N2O3. The number of hydrogen-bond acceptors (Lipinski definition) is 4. The number of ether oxygens (including phenoxy) is 1. The molecule has 0 radical (unpaired) electrons. The van der Waals surface area contributed by atoms with Gasteiger partial charge in [0.05, 0.1) is 10.5 Å². The number of benzene rings is 3. The lowest BCUT2D eigenvalue weighted by molar-refractivity contribution is -0.384. The minimum Gasteiger partial charge on any atom is -0.489 e. The smallest absolute Gasteiger partial charge is 0.277 e. The van der Waals surface area contributed by atoms with Crippen LogP contribution in [0.15, 0.2) is 66.7 Å². The largest absolute Gasteiger partial charge is 0.489 e. The van der Waals surface area contributed by atoms with Crippen molar-refractivity contribution in [2.75, 3.05) is 11.9 Å². The van der Waals surface area contributed by atoms with Crippen molar-refractivity contribution in [1.29, 1.82) is 0 Å². The summed E-state index contributed by atoms with van der Waals surface area (Å²) >= 11 is 0. The number of anilines is 1. The molecule has 1 heterocycles. The highest BCUT2D eigenvalue weighted by molar-refractivity contribution is 5.73. The maximum Gasteiger partial charge on any atom is 0.277 e. The number of rotatable bonds is 5. The van der Waals surface area contributed by atoms with E-state index in [2.05, 4.69) is 5.32 Å². The quantitative estimate of drug-likeness (QED) is 0.532. The van der Waals surface area contributed by atoms with Crippen LogP contribution >= 0.6 is 0 Å². The average molecular weight is 346 g/mol. The molecule has 0 saturated carbocycles. The third-order valence-electron chi connectivity index (χ3n) is 4.54. The van der Waals surface area contributed by atoms with Crippen molar-refractivity contribution in [3.05, 3.63) is 88.0 Å². The first-order valence-corrected chi connectivity index (χ1v) is 8.53. The van der Waals surface area contributed by atoms with Gasteiger partial charge in [0.1, 0.15) is 12.4 Å².